The molecule has 0 aliphatic heterocycles. The first kappa shape index (κ1) is 5.43. The zero-order valence-electron chi connectivity index (χ0n) is 3.23. The van der Waals surface area contributed by atoms with Gasteiger partial charge in [0.25, 0.3) is 0 Å². The van der Waals surface area contributed by atoms with E-state index >= 15 is 0 Å². The van der Waals surface area contributed by atoms with Crippen LogP contribution < -0.4 is 5.48 Å². The lowest BCUT2D eigenvalue weighted by molar-refractivity contribution is 0.106. The highest BCUT2D eigenvalue weighted by atomic mass is 16.6. The molecule has 0 atom stereocenters. The fourth-order valence-corrected chi connectivity index (χ4v) is 0.0805. The maximum Gasteiger partial charge on any atom is 0.335 e. The van der Waals surface area contributed by atoms with Crippen LogP contribution in [0.5, 0.6) is 0 Å². The summed E-state index contributed by atoms with van der Waals surface area (Å²) in [5.74, 6) is 0. The first-order chi connectivity index (χ1) is 2.91. The second kappa shape index (κ2) is 4.43. The number of rotatable bonds is 3. The highest BCUT2D eigenvalue weighted by molar-refractivity contribution is 5.44. The predicted molar refractivity (Wildman–Crippen MR) is 20.1 cm³/mol. The molecular weight excluding hydrogens is 82.0 g/mol. The first-order valence-corrected chi connectivity index (χ1v) is 1.45. The molecule has 34 valence electrons. The zero-order chi connectivity index (χ0) is 4.83. The van der Waals surface area contributed by atoms with Gasteiger partial charge in [0.15, 0.2) is 0 Å². The van der Waals surface area contributed by atoms with E-state index in [1.807, 2.05) is 5.48 Å². The Kier molecular flexibility index (Phi) is 4.01. The molecule has 0 heterocycles. The molecule has 0 aromatic rings. The molecular formula is C3H5NO2. The molecule has 0 fully saturated rings. The van der Waals surface area contributed by atoms with Gasteiger partial charge in [-0.15, -0.1) is 0 Å². The first-order valence-electron chi connectivity index (χ1n) is 1.45. The van der Waals surface area contributed by atoms with Crippen molar-refractivity contribution >= 4 is 6.41 Å². The predicted octanol–water partition coefficient (Wildman–Crippen LogP) is -0.591. The lowest BCUT2D eigenvalue weighted by Crippen LogP contribution is -2.10. The smallest absolute Gasteiger partial charge is 0.273 e. The maximum atomic E-state index is 9.17. The number of hydrogen-bond donors (Lipinski definition) is 1. The van der Waals surface area contributed by atoms with Crippen LogP contribution in [0, 0.1) is 6.92 Å². The Balaban J connectivity index is 2.49. The Morgan fingerprint density at radius 1 is 2.00 bits per heavy atom. The monoisotopic (exact) mass is 87.0 g/mol. The standard InChI is InChI=1S/C3H5NO2/c1-2-6-4-3-5/h1-2H2,(H,4,5). The third-order valence-electron chi connectivity index (χ3n) is 0.216. The summed E-state index contributed by atoms with van der Waals surface area (Å²) in [6.07, 6.45) is 1.31. The topological polar surface area (TPSA) is 38.3 Å². The number of hydroxylamine groups is 1. The molecule has 1 N–H and O–H groups in total. The van der Waals surface area contributed by atoms with Crippen LogP contribution in [0.25, 0.3) is 0 Å². The van der Waals surface area contributed by atoms with Gasteiger partial charge in [-0.05, 0) is 6.92 Å². The normalized spacial score (nSPS) is 7.50. The van der Waals surface area contributed by atoms with Crippen LogP contribution in [-0.2, 0) is 9.63 Å². The quantitative estimate of drug-likeness (QED) is 0.284. The van der Waals surface area contributed by atoms with E-state index in [2.05, 4.69) is 11.8 Å². The molecule has 0 aliphatic rings. The van der Waals surface area contributed by atoms with E-state index in [0.717, 1.165) is 0 Å². The van der Waals surface area contributed by atoms with Crippen molar-refractivity contribution in [1.82, 2.24) is 5.48 Å². The molecule has 0 aromatic carbocycles. The summed E-state index contributed by atoms with van der Waals surface area (Å²) in [5.41, 5.74) is 1.83. The largest absolute Gasteiger partial charge is 0.335 e. The molecule has 0 spiro atoms. The molecule has 0 rings (SSSR count). The van der Waals surface area contributed by atoms with Crippen LogP contribution in [0.15, 0.2) is 0 Å². The lowest BCUT2D eigenvalue weighted by atomic mass is 10.9. The van der Waals surface area contributed by atoms with Crippen molar-refractivity contribution in [2.24, 2.45) is 0 Å². The zero-order valence-corrected chi connectivity index (χ0v) is 3.23. The summed E-state index contributed by atoms with van der Waals surface area (Å²) >= 11 is 0. The van der Waals surface area contributed by atoms with Gasteiger partial charge in [0.1, 0.15) is 0 Å². The van der Waals surface area contributed by atoms with Gasteiger partial charge >= 0.3 is 6.41 Å². The summed E-state index contributed by atoms with van der Waals surface area (Å²) in [7, 11) is 0. The highest BCUT2D eigenvalue weighted by Crippen LogP contribution is 1.53. The third kappa shape index (κ3) is 3.43. The number of carbonyl (C=O) groups excluding carboxylic acids is 1. The lowest BCUT2D eigenvalue weighted by Gasteiger charge is -1.87. The van der Waals surface area contributed by atoms with Crippen molar-refractivity contribution < 1.29 is 9.63 Å². The summed E-state index contributed by atoms with van der Waals surface area (Å²) < 4.78 is 0. The summed E-state index contributed by atoms with van der Waals surface area (Å²) in [5, 5.41) is 0. The Hall–Kier alpha value is -0.570. The summed E-state index contributed by atoms with van der Waals surface area (Å²) in [6.45, 7) is 3.49. The van der Waals surface area contributed by atoms with Crippen LogP contribution in [0.3, 0.4) is 0 Å². The van der Waals surface area contributed by atoms with Crippen molar-refractivity contribution in [1.29, 1.82) is 0 Å². The molecule has 3 nitrogen and oxygen atoms in total. The van der Waals surface area contributed by atoms with Crippen LogP contribution in [-0.4, -0.2) is 13.0 Å². The van der Waals surface area contributed by atoms with Crippen molar-refractivity contribution in [3.05, 3.63) is 6.92 Å². The molecule has 1 amide bonds. The van der Waals surface area contributed by atoms with E-state index in [4.69, 9.17) is 0 Å². The van der Waals surface area contributed by atoms with E-state index in [9.17, 15) is 4.79 Å². The van der Waals surface area contributed by atoms with Gasteiger partial charge in [-0.3, -0.25) is 9.63 Å². The minimum Gasteiger partial charge on any atom is -0.273 e. The van der Waals surface area contributed by atoms with Crippen molar-refractivity contribution in [2.75, 3.05) is 6.61 Å². The van der Waals surface area contributed by atoms with E-state index in [0.29, 0.717) is 0 Å². The van der Waals surface area contributed by atoms with Crippen molar-refractivity contribution in [3.8, 4) is 0 Å². The van der Waals surface area contributed by atoms with Crippen LogP contribution in [0.1, 0.15) is 0 Å². The minimum absolute atomic E-state index is 0.231. The molecule has 0 bridgehead atoms. The SMILES string of the molecule is [CH2]CON[C]=O. The highest BCUT2D eigenvalue weighted by Gasteiger charge is 1.69. The third-order valence-corrected chi connectivity index (χ3v) is 0.216. The summed E-state index contributed by atoms with van der Waals surface area (Å²) in [6, 6.07) is 0. The second-order valence-electron chi connectivity index (χ2n) is 0.553. The Morgan fingerprint density at radius 2 is 2.67 bits per heavy atom. The van der Waals surface area contributed by atoms with E-state index < -0.39 is 0 Å². The summed E-state index contributed by atoms with van der Waals surface area (Å²) in [4.78, 5) is 13.4. The van der Waals surface area contributed by atoms with Gasteiger partial charge in [-0.1, -0.05) is 0 Å². The van der Waals surface area contributed by atoms with E-state index in [-0.39, 0.29) is 6.61 Å². The molecule has 0 saturated heterocycles. The molecule has 3 heteroatoms. The Bertz CT molecular complexity index is 37.8. The van der Waals surface area contributed by atoms with Gasteiger partial charge in [-0.25, -0.2) is 5.48 Å². The second-order valence-corrected chi connectivity index (χ2v) is 0.553. The average Bonchev–Trinajstić information content (AvgIpc) is 1.61. The number of nitrogens with one attached hydrogen (secondary N) is 1. The van der Waals surface area contributed by atoms with Crippen molar-refractivity contribution in [3.63, 3.8) is 0 Å². The van der Waals surface area contributed by atoms with Gasteiger partial charge in [-0.2, -0.15) is 0 Å². The fraction of sp³-hybridized carbons (Fsp3) is 0.333. The number of hydrogen-bond acceptors (Lipinski definition) is 2. The molecule has 0 aromatic heterocycles. The van der Waals surface area contributed by atoms with Gasteiger partial charge in [0, 0.05) is 0 Å². The van der Waals surface area contributed by atoms with Crippen LogP contribution in [0.2, 0.25) is 0 Å². The van der Waals surface area contributed by atoms with Crippen molar-refractivity contribution in [2.45, 2.75) is 0 Å². The molecule has 0 unspecified atom stereocenters. The van der Waals surface area contributed by atoms with Crippen LogP contribution >= 0.6 is 0 Å². The average molecular weight is 87.1 g/mol. The van der Waals surface area contributed by atoms with Crippen LogP contribution in [0.4, 0.5) is 0 Å². The maximum absolute atomic E-state index is 9.17. The Labute approximate surface area is 36.2 Å². The van der Waals surface area contributed by atoms with E-state index in [1.54, 1.807) is 0 Å². The van der Waals surface area contributed by atoms with Gasteiger partial charge < -0.3 is 0 Å². The fourth-order valence-electron chi connectivity index (χ4n) is 0.0805. The molecule has 2 radical (unpaired) electrons. The molecule has 0 aliphatic carbocycles. The van der Waals surface area contributed by atoms with Gasteiger partial charge in [0.05, 0.1) is 6.61 Å². The minimum atomic E-state index is 0.231. The Morgan fingerprint density at radius 3 is 2.83 bits per heavy atom. The molecule has 0 saturated carbocycles. The molecule has 6 heavy (non-hydrogen) atoms. The number of amides is 1. The van der Waals surface area contributed by atoms with Gasteiger partial charge in [0.2, 0.25) is 0 Å². The van der Waals surface area contributed by atoms with E-state index in [1.165, 1.54) is 6.41 Å².